The second-order valence-corrected chi connectivity index (χ2v) is 5.08. The zero-order valence-corrected chi connectivity index (χ0v) is 13.5. The number of aliphatic carboxylic acids is 1. The summed E-state index contributed by atoms with van der Waals surface area (Å²) in [6.07, 6.45) is 3.40. The van der Waals surface area contributed by atoms with Crippen molar-refractivity contribution in [3.05, 3.63) is 12.7 Å². The molecule has 0 saturated heterocycles. The van der Waals surface area contributed by atoms with Gasteiger partial charge in [-0.3, -0.25) is 4.79 Å². The van der Waals surface area contributed by atoms with Crippen LogP contribution in [0.15, 0.2) is 12.7 Å². The molecule has 1 atom stereocenters. The summed E-state index contributed by atoms with van der Waals surface area (Å²) in [5.74, 6) is -1.03. The van der Waals surface area contributed by atoms with Crippen LogP contribution in [0.25, 0.3) is 0 Å². The molecule has 0 saturated carbocycles. The van der Waals surface area contributed by atoms with Gasteiger partial charge >= 0.3 is 12.0 Å². The average molecular weight is 299 g/mol. The van der Waals surface area contributed by atoms with Crippen molar-refractivity contribution < 1.29 is 14.7 Å². The van der Waals surface area contributed by atoms with Crippen molar-refractivity contribution in [1.82, 2.24) is 15.1 Å². The fourth-order valence-electron chi connectivity index (χ4n) is 2.07. The normalized spacial score (nSPS) is 12.0. The molecule has 0 heterocycles. The van der Waals surface area contributed by atoms with Crippen LogP contribution in [0.3, 0.4) is 0 Å². The molecule has 122 valence electrons. The van der Waals surface area contributed by atoms with Crippen LogP contribution in [0.4, 0.5) is 4.79 Å². The molecule has 0 aromatic rings. The Morgan fingerprint density at radius 3 is 2.43 bits per heavy atom. The second-order valence-electron chi connectivity index (χ2n) is 5.08. The van der Waals surface area contributed by atoms with Gasteiger partial charge in [0.05, 0.1) is 0 Å². The third-order valence-electron chi connectivity index (χ3n) is 3.34. The van der Waals surface area contributed by atoms with Crippen molar-refractivity contribution in [2.75, 3.05) is 32.7 Å². The highest BCUT2D eigenvalue weighted by atomic mass is 16.4. The minimum Gasteiger partial charge on any atom is -0.480 e. The highest BCUT2D eigenvalue weighted by Crippen LogP contribution is 2.01. The van der Waals surface area contributed by atoms with E-state index in [2.05, 4.69) is 30.6 Å². The molecular formula is C15H29N3O3. The Balaban J connectivity index is 4.15. The number of carbonyl (C=O) groups excluding carboxylic acids is 1. The second kappa shape index (κ2) is 11.1. The first-order chi connectivity index (χ1) is 9.94. The van der Waals surface area contributed by atoms with Crippen LogP contribution in [0.2, 0.25) is 0 Å². The summed E-state index contributed by atoms with van der Waals surface area (Å²) in [5.41, 5.74) is 0. The molecule has 0 aromatic heterocycles. The highest BCUT2D eigenvalue weighted by molar-refractivity contribution is 5.80. The van der Waals surface area contributed by atoms with Gasteiger partial charge in [0.25, 0.3) is 0 Å². The Labute approximate surface area is 127 Å². The molecule has 0 spiro atoms. The fraction of sp³-hybridized carbons (Fsp3) is 0.733. The van der Waals surface area contributed by atoms with E-state index in [4.69, 9.17) is 5.11 Å². The summed E-state index contributed by atoms with van der Waals surface area (Å²) in [5, 5.41) is 11.6. The fourth-order valence-corrected chi connectivity index (χ4v) is 2.07. The summed E-state index contributed by atoms with van der Waals surface area (Å²) >= 11 is 0. The van der Waals surface area contributed by atoms with Crippen molar-refractivity contribution in [2.45, 2.75) is 39.7 Å². The van der Waals surface area contributed by atoms with E-state index < -0.39 is 5.97 Å². The summed E-state index contributed by atoms with van der Waals surface area (Å²) in [6, 6.07) is -0.332. The Morgan fingerprint density at radius 2 is 1.95 bits per heavy atom. The number of hydrogen-bond donors (Lipinski definition) is 2. The van der Waals surface area contributed by atoms with Crippen LogP contribution in [0, 0.1) is 0 Å². The van der Waals surface area contributed by atoms with E-state index in [1.165, 1.54) is 11.0 Å². The smallest absolute Gasteiger partial charge is 0.323 e. The first kappa shape index (κ1) is 19.4. The van der Waals surface area contributed by atoms with Crippen LogP contribution in [0.1, 0.15) is 33.6 Å². The standard InChI is InChI=1S/C15H29N3O3/c1-5-10-18(12-14(19)20)15(21)16-13(4)9-8-11-17(6-2)7-3/h5,13H,1,6-12H2,2-4H3,(H,16,21)(H,19,20). The average Bonchev–Trinajstić information content (AvgIpc) is 2.42. The summed E-state index contributed by atoms with van der Waals surface area (Å²) in [4.78, 5) is 26.3. The molecule has 0 rings (SSSR count). The van der Waals surface area contributed by atoms with Crippen molar-refractivity contribution >= 4 is 12.0 Å². The largest absolute Gasteiger partial charge is 0.480 e. The number of carbonyl (C=O) groups is 2. The van der Waals surface area contributed by atoms with Crippen LogP contribution in [-0.2, 0) is 4.79 Å². The highest BCUT2D eigenvalue weighted by Gasteiger charge is 2.17. The molecule has 0 aliphatic heterocycles. The van der Waals surface area contributed by atoms with Crippen molar-refractivity contribution in [1.29, 1.82) is 0 Å². The number of hydrogen-bond acceptors (Lipinski definition) is 3. The minimum absolute atomic E-state index is 0.0224. The maximum atomic E-state index is 12.0. The van der Waals surface area contributed by atoms with E-state index in [1.807, 2.05) is 6.92 Å². The summed E-state index contributed by atoms with van der Waals surface area (Å²) in [6.45, 7) is 12.7. The molecule has 0 radical (unpaired) electrons. The predicted octanol–water partition coefficient (Wildman–Crippen LogP) is 1.78. The van der Waals surface area contributed by atoms with Gasteiger partial charge in [-0.05, 0) is 39.4 Å². The molecule has 6 nitrogen and oxygen atoms in total. The van der Waals surface area contributed by atoms with Gasteiger partial charge in [-0.2, -0.15) is 0 Å². The van der Waals surface area contributed by atoms with Gasteiger partial charge in [-0.1, -0.05) is 19.9 Å². The SMILES string of the molecule is C=CCN(CC(=O)O)C(=O)NC(C)CCCN(CC)CC. The maximum Gasteiger partial charge on any atom is 0.323 e. The first-order valence-electron chi connectivity index (χ1n) is 7.55. The quantitative estimate of drug-likeness (QED) is 0.570. The van der Waals surface area contributed by atoms with Crippen molar-refractivity contribution in [3.63, 3.8) is 0 Å². The number of carboxylic acid groups (broad SMARTS) is 1. The van der Waals surface area contributed by atoms with Crippen LogP contribution >= 0.6 is 0 Å². The third-order valence-corrected chi connectivity index (χ3v) is 3.34. The Kier molecular flexibility index (Phi) is 10.3. The number of nitrogens with zero attached hydrogens (tertiary/aromatic N) is 2. The number of urea groups is 1. The molecule has 0 aromatic carbocycles. The lowest BCUT2D eigenvalue weighted by atomic mass is 10.2. The van der Waals surface area contributed by atoms with Gasteiger partial charge in [-0.15, -0.1) is 6.58 Å². The number of amides is 2. The number of carboxylic acids is 1. The molecule has 6 heteroatoms. The zero-order chi connectivity index (χ0) is 16.3. The van der Waals surface area contributed by atoms with Crippen molar-refractivity contribution in [3.8, 4) is 0 Å². The lowest BCUT2D eigenvalue weighted by Crippen LogP contribution is -2.46. The Bertz CT molecular complexity index is 330. The van der Waals surface area contributed by atoms with Gasteiger partial charge in [-0.25, -0.2) is 4.79 Å². The molecular weight excluding hydrogens is 270 g/mol. The van der Waals surface area contributed by atoms with Crippen molar-refractivity contribution in [2.24, 2.45) is 0 Å². The molecule has 2 N–H and O–H groups in total. The molecule has 2 amide bonds. The van der Waals surface area contributed by atoms with Crippen LogP contribution in [-0.4, -0.2) is 65.7 Å². The number of nitrogens with one attached hydrogen (secondary N) is 1. The van der Waals surface area contributed by atoms with E-state index in [-0.39, 0.29) is 25.2 Å². The van der Waals surface area contributed by atoms with E-state index >= 15 is 0 Å². The minimum atomic E-state index is -1.03. The van der Waals surface area contributed by atoms with E-state index in [0.717, 1.165) is 32.5 Å². The lowest BCUT2D eigenvalue weighted by molar-refractivity contribution is -0.137. The van der Waals surface area contributed by atoms with Gasteiger partial charge in [0.2, 0.25) is 0 Å². The molecule has 1 unspecified atom stereocenters. The third kappa shape index (κ3) is 9.07. The first-order valence-corrected chi connectivity index (χ1v) is 7.55. The summed E-state index contributed by atoms with van der Waals surface area (Å²) < 4.78 is 0. The van der Waals surface area contributed by atoms with Gasteiger partial charge in [0.1, 0.15) is 6.54 Å². The van der Waals surface area contributed by atoms with E-state index in [1.54, 1.807) is 0 Å². The lowest BCUT2D eigenvalue weighted by Gasteiger charge is -2.23. The van der Waals surface area contributed by atoms with Gasteiger partial charge < -0.3 is 20.2 Å². The van der Waals surface area contributed by atoms with Crippen LogP contribution < -0.4 is 5.32 Å². The monoisotopic (exact) mass is 299 g/mol. The molecule has 0 fully saturated rings. The van der Waals surface area contributed by atoms with E-state index in [9.17, 15) is 9.59 Å². The predicted molar refractivity (Wildman–Crippen MR) is 84.4 cm³/mol. The van der Waals surface area contributed by atoms with Gasteiger partial charge in [0, 0.05) is 12.6 Å². The Hall–Kier alpha value is -1.56. The number of rotatable bonds is 11. The zero-order valence-electron chi connectivity index (χ0n) is 13.5. The van der Waals surface area contributed by atoms with Gasteiger partial charge in [0.15, 0.2) is 0 Å². The summed E-state index contributed by atoms with van der Waals surface area (Å²) in [7, 11) is 0. The van der Waals surface area contributed by atoms with Crippen LogP contribution in [0.5, 0.6) is 0 Å². The van der Waals surface area contributed by atoms with E-state index in [0.29, 0.717) is 0 Å². The molecule has 0 aliphatic carbocycles. The Morgan fingerprint density at radius 1 is 1.33 bits per heavy atom. The topological polar surface area (TPSA) is 72.9 Å². The maximum absolute atomic E-state index is 12.0. The molecule has 0 bridgehead atoms. The molecule has 0 aliphatic rings. The molecule has 21 heavy (non-hydrogen) atoms.